The van der Waals surface area contributed by atoms with Crippen molar-refractivity contribution in [2.45, 2.75) is 26.2 Å². The van der Waals surface area contributed by atoms with Gasteiger partial charge in [-0.25, -0.2) is 9.97 Å². The number of nitrogens with zero attached hydrogens (tertiary/aromatic N) is 3. The second-order valence-electron chi connectivity index (χ2n) is 5.40. The Labute approximate surface area is 133 Å². The Bertz CT molecular complexity index is 623. The fraction of sp³-hybridized carbons (Fsp3) is 0.375. The lowest BCUT2D eigenvalue weighted by molar-refractivity contribution is 0.573. The minimum absolute atomic E-state index is 0.835. The van der Waals surface area contributed by atoms with E-state index in [1.165, 1.54) is 24.8 Å². The fourth-order valence-electron chi connectivity index (χ4n) is 2.53. The van der Waals surface area contributed by atoms with E-state index in [4.69, 9.17) is 0 Å². The molecular formula is C16H19BrN4. The molecule has 1 saturated heterocycles. The lowest BCUT2D eigenvalue weighted by Gasteiger charge is -2.27. The highest BCUT2D eigenvalue weighted by Crippen LogP contribution is 2.24. The predicted octanol–water partition coefficient (Wildman–Crippen LogP) is 4.28. The van der Waals surface area contributed by atoms with Crippen LogP contribution in [0, 0.1) is 6.92 Å². The zero-order valence-electron chi connectivity index (χ0n) is 12.1. The van der Waals surface area contributed by atoms with E-state index in [9.17, 15) is 0 Å². The normalized spacial score (nSPS) is 15.0. The molecule has 1 aromatic heterocycles. The van der Waals surface area contributed by atoms with Crippen molar-refractivity contribution in [2.24, 2.45) is 0 Å². The van der Waals surface area contributed by atoms with Crippen molar-refractivity contribution in [3.05, 3.63) is 40.6 Å². The minimum atomic E-state index is 0.835. The molecule has 0 bridgehead atoms. The number of hydrogen-bond acceptors (Lipinski definition) is 4. The molecule has 110 valence electrons. The Morgan fingerprint density at radius 2 is 1.90 bits per heavy atom. The number of halogens is 1. The lowest BCUT2D eigenvalue weighted by atomic mass is 10.1. The van der Waals surface area contributed by atoms with Crippen molar-refractivity contribution in [3.63, 3.8) is 0 Å². The topological polar surface area (TPSA) is 41.0 Å². The van der Waals surface area contributed by atoms with Crippen LogP contribution in [0.2, 0.25) is 0 Å². The van der Waals surface area contributed by atoms with E-state index in [2.05, 4.69) is 61.2 Å². The summed E-state index contributed by atoms with van der Waals surface area (Å²) in [5.74, 6) is 1.85. The molecule has 1 N–H and O–H groups in total. The van der Waals surface area contributed by atoms with Crippen LogP contribution >= 0.6 is 15.9 Å². The molecule has 0 radical (unpaired) electrons. The van der Waals surface area contributed by atoms with E-state index in [0.717, 1.165) is 34.9 Å². The Kier molecular flexibility index (Phi) is 4.39. The van der Waals surface area contributed by atoms with Gasteiger partial charge in [0.15, 0.2) is 0 Å². The van der Waals surface area contributed by atoms with Crippen LogP contribution in [0.25, 0.3) is 0 Å². The molecule has 2 heterocycles. The molecule has 0 unspecified atom stereocenters. The number of benzene rings is 1. The average Bonchev–Trinajstić information content (AvgIpc) is 2.52. The van der Waals surface area contributed by atoms with Crippen LogP contribution in [-0.2, 0) is 0 Å². The van der Waals surface area contributed by atoms with Crippen molar-refractivity contribution < 1.29 is 0 Å². The third-order valence-corrected chi connectivity index (χ3v) is 4.63. The molecule has 1 aromatic carbocycles. The lowest BCUT2D eigenvalue weighted by Crippen LogP contribution is -2.30. The molecule has 0 spiro atoms. The van der Waals surface area contributed by atoms with Crippen molar-refractivity contribution in [1.29, 1.82) is 0 Å². The van der Waals surface area contributed by atoms with Crippen LogP contribution < -0.4 is 10.2 Å². The summed E-state index contributed by atoms with van der Waals surface area (Å²) >= 11 is 3.56. The molecule has 21 heavy (non-hydrogen) atoms. The zero-order valence-corrected chi connectivity index (χ0v) is 13.7. The van der Waals surface area contributed by atoms with Gasteiger partial charge >= 0.3 is 0 Å². The Morgan fingerprint density at radius 1 is 1.10 bits per heavy atom. The maximum absolute atomic E-state index is 4.40. The van der Waals surface area contributed by atoms with E-state index >= 15 is 0 Å². The summed E-state index contributed by atoms with van der Waals surface area (Å²) in [5, 5.41) is 3.34. The van der Waals surface area contributed by atoms with Gasteiger partial charge in [-0.05, 0) is 43.9 Å². The van der Waals surface area contributed by atoms with Crippen molar-refractivity contribution in [1.82, 2.24) is 9.97 Å². The molecule has 1 aliphatic rings. The van der Waals surface area contributed by atoms with E-state index in [-0.39, 0.29) is 0 Å². The van der Waals surface area contributed by atoms with Crippen LogP contribution in [0.1, 0.15) is 24.8 Å². The van der Waals surface area contributed by atoms with E-state index in [1.807, 2.05) is 6.07 Å². The molecule has 0 saturated carbocycles. The maximum atomic E-state index is 4.40. The molecule has 5 heteroatoms. The van der Waals surface area contributed by atoms with Crippen LogP contribution in [0.5, 0.6) is 0 Å². The van der Waals surface area contributed by atoms with Gasteiger partial charge in [0.1, 0.15) is 18.0 Å². The van der Waals surface area contributed by atoms with Crippen LogP contribution in [0.3, 0.4) is 0 Å². The minimum Gasteiger partial charge on any atom is -0.356 e. The number of anilines is 3. The second kappa shape index (κ2) is 6.43. The smallest absolute Gasteiger partial charge is 0.135 e. The summed E-state index contributed by atoms with van der Waals surface area (Å²) in [4.78, 5) is 11.1. The van der Waals surface area contributed by atoms with Gasteiger partial charge in [0.2, 0.25) is 0 Å². The predicted molar refractivity (Wildman–Crippen MR) is 90.3 cm³/mol. The summed E-state index contributed by atoms with van der Waals surface area (Å²) < 4.78 is 1.10. The number of nitrogens with one attached hydrogen (secondary N) is 1. The first-order valence-electron chi connectivity index (χ1n) is 7.32. The summed E-state index contributed by atoms with van der Waals surface area (Å²) in [6.07, 6.45) is 5.45. The van der Waals surface area contributed by atoms with Gasteiger partial charge in [-0.1, -0.05) is 22.0 Å². The molecule has 1 fully saturated rings. The van der Waals surface area contributed by atoms with Crippen molar-refractivity contribution >= 4 is 33.3 Å². The summed E-state index contributed by atoms with van der Waals surface area (Å²) in [7, 11) is 0. The molecule has 0 amide bonds. The molecule has 2 aromatic rings. The van der Waals surface area contributed by atoms with Gasteiger partial charge in [0.05, 0.1) is 0 Å². The Morgan fingerprint density at radius 3 is 2.67 bits per heavy atom. The number of hydrogen-bond donors (Lipinski definition) is 1. The molecular weight excluding hydrogens is 328 g/mol. The molecule has 0 atom stereocenters. The van der Waals surface area contributed by atoms with E-state index in [0.29, 0.717) is 0 Å². The van der Waals surface area contributed by atoms with Gasteiger partial charge in [-0.15, -0.1) is 0 Å². The highest BCUT2D eigenvalue weighted by molar-refractivity contribution is 9.10. The monoisotopic (exact) mass is 346 g/mol. The number of aryl methyl sites for hydroxylation is 1. The van der Waals surface area contributed by atoms with Gasteiger partial charge in [-0.3, -0.25) is 0 Å². The van der Waals surface area contributed by atoms with Crippen molar-refractivity contribution in [3.8, 4) is 0 Å². The molecule has 0 aliphatic carbocycles. The third kappa shape index (κ3) is 3.53. The van der Waals surface area contributed by atoms with Crippen LogP contribution in [0.4, 0.5) is 17.3 Å². The largest absolute Gasteiger partial charge is 0.356 e. The number of rotatable bonds is 3. The van der Waals surface area contributed by atoms with E-state index < -0.39 is 0 Å². The first-order chi connectivity index (χ1) is 10.2. The first kappa shape index (κ1) is 14.3. The van der Waals surface area contributed by atoms with Crippen molar-refractivity contribution in [2.75, 3.05) is 23.3 Å². The van der Waals surface area contributed by atoms with Gasteiger partial charge < -0.3 is 10.2 Å². The molecule has 1 aliphatic heterocycles. The number of aromatic nitrogens is 2. The average molecular weight is 347 g/mol. The van der Waals surface area contributed by atoms with E-state index in [1.54, 1.807) is 6.33 Å². The van der Waals surface area contributed by atoms with Crippen LogP contribution in [0.15, 0.2) is 35.1 Å². The second-order valence-corrected chi connectivity index (χ2v) is 6.25. The molecule has 3 rings (SSSR count). The quantitative estimate of drug-likeness (QED) is 0.900. The standard InChI is InChI=1S/C16H19BrN4/c1-12-5-6-13(9-14(12)17)20-15-10-16(19-11-18-15)21-7-3-2-4-8-21/h5-6,9-11H,2-4,7-8H2,1H3,(H,18,19,20). The SMILES string of the molecule is Cc1ccc(Nc2cc(N3CCCCC3)ncn2)cc1Br. The van der Waals surface area contributed by atoms with Gasteiger partial charge in [0.25, 0.3) is 0 Å². The fourth-order valence-corrected chi connectivity index (χ4v) is 2.91. The van der Waals surface area contributed by atoms with Gasteiger partial charge in [0, 0.05) is 29.3 Å². The molecule has 4 nitrogen and oxygen atoms in total. The summed E-state index contributed by atoms with van der Waals surface area (Å²) in [6, 6.07) is 8.24. The first-order valence-corrected chi connectivity index (χ1v) is 8.12. The zero-order chi connectivity index (χ0) is 14.7. The Hall–Kier alpha value is -1.62. The number of piperidine rings is 1. The third-order valence-electron chi connectivity index (χ3n) is 3.78. The van der Waals surface area contributed by atoms with Crippen LogP contribution in [-0.4, -0.2) is 23.1 Å². The summed E-state index contributed by atoms with van der Waals surface area (Å²) in [5.41, 5.74) is 2.24. The Balaban J connectivity index is 1.77. The highest BCUT2D eigenvalue weighted by atomic mass is 79.9. The van der Waals surface area contributed by atoms with Gasteiger partial charge in [-0.2, -0.15) is 0 Å². The summed E-state index contributed by atoms with van der Waals surface area (Å²) in [6.45, 7) is 4.26. The highest BCUT2D eigenvalue weighted by Gasteiger charge is 2.12. The maximum Gasteiger partial charge on any atom is 0.135 e.